The van der Waals surface area contributed by atoms with Crippen molar-refractivity contribution in [3.63, 3.8) is 0 Å². The average Bonchev–Trinajstić information content (AvgIpc) is 2.83. The van der Waals surface area contributed by atoms with Crippen LogP contribution in [0.2, 0.25) is 0 Å². The van der Waals surface area contributed by atoms with Gasteiger partial charge in [0.2, 0.25) is 0 Å². The number of hydrogen-bond donors (Lipinski definition) is 0. The molecule has 0 radical (unpaired) electrons. The van der Waals surface area contributed by atoms with E-state index in [2.05, 4.69) is 104 Å². The zero-order valence-corrected chi connectivity index (χ0v) is 17.8. The Morgan fingerprint density at radius 1 is 0.581 bits per heavy atom. The summed E-state index contributed by atoms with van der Waals surface area (Å²) < 4.78 is 0. The number of pyridine rings is 1. The molecule has 6 rings (SSSR count). The van der Waals surface area contributed by atoms with Gasteiger partial charge in [-0.3, -0.25) is 4.98 Å². The Morgan fingerprint density at radius 2 is 1.16 bits per heavy atom. The molecule has 0 aliphatic rings. The molecule has 0 unspecified atom stereocenters. The van der Waals surface area contributed by atoms with Crippen LogP contribution in [-0.4, -0.2) is 4.98 Å². The minimum Gasteiger partial charge on any atom is -0.265 e. The highest BCUT2D eigenvalue weighted by atomic mass is 14.6. The second-order valence-electron chi connectivity index (χ2n) is 8.67. The predicted molar refractivity (Wildman–Crippen MR) is 133 cm³/mol. The van der Waals surface area contributed by atoms with Gasteiger partial charge in [-0.2, -0.15) is 0 Å². The van der Waals surface area contributed by atoms with Gasteiger partial charge in [-0.25, -0.2) is 0 Å². The monoisotopic (exact) mass is 397 g/mol. The summed E-state index contributed by atoms with van der Waals surface area (Å²) in [5, 5.41) is 7.99. The smallest absolute Gasteiger partial charge is 0.0273 e. The van der Waals surface area contributed by atoms with Crippen molar-refractivity contribution in [2.75, 3.05) is 0 Å². The molecule has 148 valence electrons. The van der Waals surface area contributed by atoms with Gasteiger partial charge in [0.15, 0.2) is 0 Å². The van der Waals surface area contributed by atoms with Crippen molar-refractivity contribution in [2.24, 2.45) is 0 Å². The van der Waals surface area contributed by atoms with Crippen LogP contribution >= 0.6 is 0 Å². The molecule has 5 aromatic carbocycles. The minimum absolute atomic E-state index is 0.508. The molecule has 0 saturated heterocycles. The van der Waals surface area contributed by atoms with Crippen molar-refractivity contribution in [3.8, 4) is 22.3 Å². The number of rotatable bonds is 3. The first kappa shape index (κ1) is 18.1. The Bertz CT molecular complexity index is 1420. The van der Waals surface area contributed by atoms with Gasteiger partial charge in [0.25, 0.3) is 0 Å². The van der Waals surface area contributed by atoms with E-state index >= 15 is 0 Å². The highest BCUT2D eigenvalue weighted by molar-refractivity contribution is 6.28. The molecule has 0 saturated carbocycles. The maximum absolute atomic E-state index is 4.24. The Labute approximate surface area is 182 Å². The molecule has 0 fully saturated rings. The van der Waals surface area contributed by atoms with Gasteiger partial charge in [0.1, 0.15) is 0 Å². The molecular formula is C30H23N. The van der Waals surface area contributed by atoms with E-state index in [-0.39, 0.29) is 0 Å². The van der Waals surface area contributed by atoms with Gasteiger partial charge in [-0.15, -0.1) is 0 Å². The van der Waals surface area contributed by atoms with Crippen molar-refractivity contribution in [3.05, 3.63) is 103 Å². The van der Waals surface area contributed by atoms with Crippen LogP contribution in [0.4, 0.5) is 0 Å². The van der Waals surface area contributed by atoms with E-state index in [1.165, 1.54) is 60.1 Å². The van der Waals surface area contributed by atoms with E-state index in [0.29, 0.717) is 5.92 Å². The molecule has 0 amide bonds. The molecular weight excluding hydrogens is 374 g/mol. The third kappa shape index (κ3) is 2.81. The lowest BCUT2D eigenvalue weighted by Crippen LogP contribution is -1.93. The number of aromatic nitrogens is 1. The fourth-order valence-electron chi connectivity index (χ4n) is 4.90. The van der Waals surface area contributed by atoms with Crippen LogP contribution in [0.1, 0.15) is 25.3 Å². The summed E-state index contributed by atoms with van der Waals surface area (Å²) in [6, 6.07) is 31.3. The Kier molecular flexibility index (Phi) is 4.04. The van der Waals surface area contributed by atoms with Crippen LogP contribution in [0, 0.1) is 0 Å². The van der Waals surface area contributed by atoms with E-state index in [1.54, 1.807) is 0 Å². The molecule has 0 atom stereocenters. The Balaban J connectivity index is 1.81. The molecule has 0 aliphatic heterocycles. The molecule has 6 aromatic rings. The normalized spacial score (nSPS) is 11.8. The molecule has 0 N–H and O–H groups in total. The molecule has 0 bridgehead atoms. The zero-order valence-electron chi connectivity index (χ0n) is 17.8. The van der Waals surface area contributed by atoms with Gasteiger partial charge in [0.05, 0.1) is 0 Å². The van der Waals surface area contributed by atoms with Crippen molar-refractivity contribution in [1.82, 2.24) is 4.98 Å². The van der Waals surface area contributed by atoms with Crippen molar-refractivity contribution >= 4 is 32.3 Å². The average molecular weight is 398 g/mol. The molecule has 31 heavy (non-hydrogen) atoms. The van der Waals surface area contributed by atoms with Gasteiger partial charge < -0.3 is 0 Å². The lowest BCUT2D eigenvalue weighted by Gasteiger charge is -2.19. The minimum atomic E-state index is 0.508. The quantitative estimate of drug-likeness (QED) is 0.273. The summed E-state index contributed by atoms with van der Waals surface area (Å²) >= 11 is 0. The third-order valence-electron chi connectivity index (χ3n) is 6.48. The van der Waals surface area contributed by atoms with Gasteiger partial charge in [0, 0.05) is 12.4 Å². The maximum atomic E-state index is 4.24. The molecule has 1 heteroatoms. The second-order valence-corrected chi connectivity index (χ2v) is 8.67. The first-order chi connectivity index (χ1) is 15.2. The Hall–Kier alpha value is -3.71. The standard InChI is InChI=1S/C30H23N/c1-19(2)24-16-22-8-10-25-27(20-6-4-3-5-7-20)18-28(21-12-14-31-15-13-21)26-11-9-23(17-24)29(22)30(25)26/h3-19H,1-2H3. The summed E-state index contributed by atoms with van der Waals surface area (Å²) in [6.45, 7) is 4.53. The molecule has 1 heterocycles. The summed E-state index contributed by atoms with van der Waals surface area (Å²) in [4.78, 5) is 4.24. The van der Waals surface area contributed by atoms with Crippen LogP contribution in [0.5, 0.6) is 0 Å². The fraction of sp³-hybridized carbons (Fsp3) is 0.100. The van der Waals surface area contributed by atoms with Crippen LogP contribution in [0.3, 0.4) is 0 Å². The predicted octanol–water partition coefficient (Wildman–Crippen LogP) is 8.44. The van der Waals surface area contributed by atoms with Crippen molar-refractivity contribution in [2.45, 2.75) is 19.8 Å². The third-order valence-corrected chi connectivity index (χ3v) is 6.48. The van der Waals surface area contributed by atoms with Crippen LogP contribution in [0.25, 0.3) is 54.6 Å². The van der Waals surface area contributed by atoms with Gasteiger partial charge in [-0.05, 0) is 84.3 Å². The highest BCUT2D eigenvalue weighted by Gasteiger charge is 2.17. The van der Waals surface area contributed by atoms with Crippen molar-refractivity contribution < 1.29 is 0 Å². The zero-order chi connectivity index (χ0) is 20.9. The van der Waals surface area contributed by atoms with E-state index in [9.17, 15) is 0 Å². The van der Waals surface area contributed by atoms with Crippen LogP contribution in [0.15, 0.2) is 97.3 Å². The molecule has 0 spiro atoms. The summed E-state index contributed by atoms with van der Waals surface area (Å²) in [7, 11) is 0. The van der Waals surface area contributed by atoms with Crippen LogP contribution < -0.4 is 0 Å². The summed E-state index contributed by atoms with van der Waals surface area (Å²) in [5.74, 6) is 0.508. The first-order valence-electron chi connectivity index (χ1n) is 10.9. The number of benzene rings is 5. The SMILES string of the molecule is CC(C)c1cc2ccc3c(-c4ccccc4)cc(-c4ccncc4)c4ccc(c1)c2c34. The lowest BCUT2D eigenvalue weighted by molar-refractivity contribution is 0.870. The largest absolute Gasteiger partial charge is 0.265 e. The summed E-state index contributed by atoms with van der Waals surface area (Å²) in [6.07, 6.45) is 3.76. The topological polar surface area (TPSA) is 12.9 Å². The number of nitrogens with zero attached hydrogens (tertiary/aromatic N) is 1. The maximum Gasteiger partial charge on any atom is 0.0273 e. The summed E-state index contributed by atoms with van der Waals surface area (Å²) in [5.41, 5.74) is 6.38. The fourth-order valence-corrected chi connectivity index (χ4v) is 4.90. The van der Waals surface area contributed by atoms with E-state index < -0.39 is 0 Å². The Morgan fingerprint density at radius 3 is 1.74 bits per heavy atom. The molecule has 0 aliphatic carbocycles. The van der Waals surface area contributed by atoms with E-state index in [0.717, 1.165) is 0 Å². The lowest BCUT2D eigenvalue weighted by atomic mass is 9.84. The van der Waals surface area contributed by atoms with E-state index in [1.807, 2.05) is 12.4 Å². The van der Waals surface area contributed by atoms with E-state index in [4.69, 9.17) is 0 Å². The first-order valence-corrected chi connectivity index (χ1v) is 10.9. The number of hydrogen-bond acceptors (Lipinski definition) is 1. The second kappa shape index (κ2) is 6.92. The van der Waals surface area contributed by atoms with Gasteiger partial charge in [-0.1, -0.05) is 80.6 Å². The van der Waals surface area contributed by atoms with Gasteiger partial charge >= 0.3 is 0 Å². The molecule has 1 nitrogen and oxygen atoms in total. The van der Waals surface area contributed by atoms with Crippen LogP contribution in [-0.2, 0) is 0 Å². The van der Waals surface area contributed by atoms with Crippen molar-refractivity contribution in [1.29, 1.82) is 0 Å². The molecule has 1 aromatic heterocycles. The highest BCUT2D eigenvalue weighted by Crippen LogP contribution is 2.44.